The van der Waals surface area contributed by atoms with Gasteiger partial charge in [-0.3, -0.25) is 0 Å². The summed E-state index contributed by atoms with van der Waals surface area (Å²) in [6, 6.07) is 0. The molecule has 0 amide bonds. The van der Waals surface area contributed by atoms with Crippen molar-refractivity contribution in [2.45, 2.75) is 18.4 Å². The lowest BCUT2D eigenvalue weighted by Crippen LogP contribution is -2.25. The van der Waals surface area contributed by atoms with Gasteiger partial charge in [0.25, 0.3) is 10.0 Å². The second-order valence-electron chi connectivity index (χ2n) is 3.18. The summed E-state index contributed by atoms with van der Waals surface area (Å²) >= 11 is 3.23. The van der Waals surface area contributed by atoms with Gasteiger partial charge in [0.1, 0.15) is 5.82 Å². The Morgan fingerprint density at radius 3 is 2.73 bits per heavy atom. The molecule has 0 radical (unpaired) electrons. The number of nitrogens with zero attached hydrogens (tertiary/aromatic N) is 2. The summed E-state index contributed by atoms with van der Waals surface area (Å²) in [5, 5.41) is 0.855. The van der Waals surface area contributed by atoms with Crippen LogP contribution in [-0.4, -0.2) is 29.8 Å². The van der Waals surface area contributed by atoms with E-state index >= 15 is 0 Å². The van der Waals surface area contributed by atoms with E-state index < -0.39 is 10.0 Å². The molecular formula is C8H14BrN3O2S. The standard InChI is InChI=1S/C8H14BrN3O2S/c1-7-11-8(6-12(7)2)15(13,14)10-5-3-4-9/h6,10H,3-5H2,1-2H3. The fourth-order valence-electron chi connectivity index (χ4n) is 1.00. The quantitative estimate of drug-likeness (QED) is 0.645. The molecule has 15 heavy (non-hydrogen) atoms. The Morgan fingerprint density at radius 2 is 2.27 bits per heavy atom. The predicted octanol–water partition coefficient (Wildman–Crippen LogP) is 0.792. The van der Waals surface area contributed by atoms with E-state index in [0.29, 0.717) is 12.4 Å². The van der Waals surface area contributed by atoms with Crippen LogP contribution in [0.5, 0.6) is 0 Å². The lowest BCUT2D eigenvalue weighted by atomic mass is 10.5. The molecule has 1 aromatic heterocycles. The highest BCUT2D eigenvalue weighted by atomic mass is 79.9. The van der Waals surface area contributed by atoms with E-state index in [1.165, 1.54) is 6.20 Å². The molecule has 0 aliphatic carbocycles. The Labute approximate surface area is 98.1 Å². The van der Waals surface area contributed by atoms with Gasteiger partial charge in [0.2, 0.25) is 0 Å². The topological polar surface area (TPSA) is 64.0 Å². The molecule has 0 aliphatic rings. The van der Waals surface area contributed by atoms with Crippen molar-refractivity contribution < 1.29 is 8.42 Å². The number of nitrogens with one attached hydrogen (secondary N) is 1. The van der Waals surface area contributed by atoms with Crippen molar-refractivity contribution in [2.75, 3.05) is 11.9 Å². The molecule has 0 bridgehead atoms. The second kappa shape index (κ2) is 5.09. The second-order valence-corrected chi connectivity index (χ2v) is 5.68. The maximum Gasteiger partial charge on any atom is 0.259 e. The lowest BCUT2D eigenvalue weighted by Gasteiger charge is -2.01. The summed E-state index contributed by atoms with van der Waals surface area (Å²) < 4.78 is 27.5. The highest BCUT2D eigenvalue weighted by molar-refractivity contribution is 9.09. The molecule has 0 fully saturated rings. The Balaban J connectivity index is 2.77. The smallest absolute Gasteiger partial charge is 0.259 e. The van der Waals surface area contributed by atoms with Gasteiger partial charge in [-0.25, -0.2) is 18.1 Å². The molecule has 0 saturated heterocycles. The number of aromatic nitrogens is 2. The maximum atomic E-state index is 11.7. The van der Waals surface area contributed by atoms with Gasteiger partial charge in [-0.2, -0.15) is 0 Å². The van der Waals surface area contributed by atoms with Crippen molar-refractivity contribution in [3.8, 4) is 0 Å². The van der Waals surface area contributed by atoms with Gasteiger partial charge >= 0.3 is 0 Å². The molecule has 0 spiro atoms. The minimum Gasteiger partial charge on any atom is -0.337 e. The number of rotatable bonds is 5. The van der Waals surface area contributed by atoms with Crippen LogP contribution in [0, 0.1) is 6.92 Å². The molecule has 1 rings (SSSR count). The number of imidazole rings is 1. The van der Waals surface area contributed by atoms with E-state index in [0.717, 1.165) is 11.8 Å². The normalized spacial score (nSPS) is 11.9. The van der Waals surface area contributed by atoms with Crippen molar-refractivity contribution in [1.29, 1.82) is 0 Å². The van der Waals surface area contributed by atoms with Gasteiger partial charge in [0.05, 0.1) is 0 Å². The van der Waals surface area contributed by atoms with Crippen LogP contribution in [0.2, 0.25) is 0 Å². The largest absolute Gasteiger partial charge is 0.337 e. The molecule has 0 saturated carbocycles. The van der Waals surface area contributed by atoms with E-state index in [9.17, 15) is 8.42 Å². The average Bonchev–Trinajstić information content (AvgIpc) is 2.48. The van der Waals surface area contributed by atoms with Gasteiger partial charge in [-0.1, -0.05) is 15.9 Å². The van der Waals surface area contributed by atoms with Crippen LogP contribution in [0.1, 0.15) is 12.2 Å². The molecule has 1 heterocycles. The van der Waals surface area contributed by atoms with Crippen LogP contribution >= 0.6 is 15.9 Å². The van der Waals surface area contributed by atoms with Crippen LogP contribution in [0.4, 0.5) is 0 Å². The molecule has 0 atom stereocenters. The van der Waals surface area contributed by atoms with Crippen LogP contribution in [0.25, 0.3) is 0 Å². The average molecular weight is 296 g/mol. The number of aryl methyl sites for hydroxylation is 2. The number of hydrogen-bond acceptors (Lipinski definition) is 3. The number of hydrogen-bond donors (Lipinski definition) is 1. The fraction of sp³-hybridized carbons (Fsp3) is 0.625. The molecule has 0 unspecified atom stereocenters. The summed E-state index contributed by atoms with van der Waals surface area (Å²) in [4.78, 5) is 3.96. The summed E-state index contributed by atoms with van der Waals surface area (Å²) in [5.41, 5.74) is 0. The first-order valence-electron chi connectivity index (χ1n) is 4.53. The van der Waals surface area contributed by atoms with Gasteiger partial charge in [0, 0.05) is 25.1 Å². The van der Waals surface area contributed by atoms with E-state index in [2.05, 4.69) is 25.6 Å². The zero-order valence-electron chi connectivity index (χ0n) is 8.70. The Morgan fingerprint density at radius 1 is 1.60 bits per heavy atom. The number of halogens is 1. The van der Waals surface area contributed by atoms with Gasteiger partial charge in [-0.15, -0.1) is 0 Å². The molecule has 5 nitrogen and oxygen atoms in total. The molecular weight excluding hydrogens is 282 g/mol. The minimum absolute atomic E-state index is 0.0806. The van der Waals surface area contributed by atoms with E-state index in [-0.39, 0.29) is 5.03 Å². The molecule has 0 aliphatic heterocycles. The predicted molar refractivity (Wildman–Crippen MR) is 61.5 cm³/mol. The first-order chi connectivity index (χ1) is 6.97. The van der Waals surface area contributed by atoms with Crippen molar-refractivity contribution in [2.24, 2.45) is 7.05 Å². The lowest BCUT2D eigenvalue weighted by molar-refractivity contribution is 0.577. The van der Waals surface area contributed by atoms with Crippen LogP contribution in [0.3, 0.4) is 0 Å². The minimum atomic E-state index is -3.44. The summed E-state index contributed by atoms with van der Waals surface area (Å²) in [6.45, 7) is 2.18. The van der Waals surface area contributed by atoms with Gasteiger partial charge < -0.3 is 4.57 Å². The first kappa shape index (κ1) is 12.7. The fourth-order valence-corrected chi connectivity index (χ4v) is 2.39. The maximum absolute atomic E-state index is 11.7. The van der Waals surface area contributed by atoms with Crippen molar-refractivity contribution in [3.05, 3.63) is 12.0 Å². The van der Waals surface area contributed by atoms with Crippen LogP contribution in [0.15, 0.2) is 11.2 Å². The Bertz CT molecular complexity index is 408. The first-order valence-corrected chi connectivity index (χ1v) is 7.13. The SMILES string of the molecule is Cc1nc(S(=O)(=O)NCCCBr)cn1C. The van der Waals surface area contributed by atoms with Crippen molar-refractivity contribution in [1.82, 2.24) is 14.3 Å². The molecule has 7 heteroatoms. The Kier molecular flexibility index (Phi) is 4.30. The summed E-state index contributed by atoms with van der Waals surface area (Å²) in [6.07, 6.45) is 2.26. The van der Waals surface area contributed by atoms with Crippen LogP contribution in [-0.2, 0) is 17.1 Å². The Hall–Kier alpha value is -0.400. The van der Waals surface area contributed by atoms with E-state index in [1.807, 2.05) is 0 Å². The van der Waals surface area contributed by atoms with Gasteiger partial charge in [0.15, 0.2) is 5.03 Å². The molecule has 1 N–H and O–H groups in total. The van der Waals surface area contributed by atoms with Crippen molar-refractivity contribution >= 4 is 26.0 Å². The van der Waals surface area contributed by atoms with Gasteiger partial charge in [-0.05, 0) is 13.3 Å². The monoisotopic (exact) mass is 295 g/mol. The van der Waals surface area contributed by atoms with Crippen molar-refractivity contribution in [3.63, 3.8) is 0 Å². The zero-order chi connectivity index (χ0) is 11.5. The summed E-state index contributed by atoms with van der Waals surface area (Å²) in [5.74, 6) is 0.677. The highest BCUT2D eigenvalue weighted by Crippen LogP contribution is 2.07. The molecule has 1 aromatic rings. The van der Waals surface area contributed by atoms with E-state index in [1.54, 1.807) is 18.5 Å². The van der Waals surface area contributed by atoms with E-state index in [4.69, 9.17) is 0 Å². The number of alkyl halides is 1. The van der Waals surface area contributed by atoms with Crippen LogP contribution < -0.4 is 4.72 Å². The third-order valence-corrected chi connectivity index (χ3v) is 3.86. The third kappa shape index (κ3) is 3.29. The summed E-state index contributed by atoms with van der Waals surface area (Å²) in [7, 11) is -1.67. The third-order valence-electron chi connectivity index (χ3n) is 1.96. The zero-order valence-corrected chi connectivity index (χ0v) is 11.1. The highest BCUT2D eigenvalue weighted by Gasteiger charge is 2.17. The molecule has 0 aromatic carbocycles. The molecule has 86 valence electrons. The number of sulfonamides is 1.